The van der Waals surface area contributed by atoms with Crippen LogP contribution in [-0.2, 0) is 4.74 Å². The molecule has 1 amide bonds. The highest BCUT2D eigenvalue weighted by Gasteiger charge is 2.26. The number of anilines is 1. The van der Waals surface area contributed by atoms with Crippen molar-refractivity contribution in [2.45, 2.75) is 19.4 Å². The molecule has 0 unspecified atom stereocenters. The molecule has 2 atom stereocenters. The third-order valence-electron chi connectivity index (χ3n) is 4.25. The highest BCUT2D eigenvalue weighted by molar-refractivity contribution is 9.10. The van der Waals surface area contributed by atoms with Gasteiger partial charge in [0.15, 0.2) is 11.5 Å². The molecule has 0 fully saturated rings. The van der Waals surface area contributed by atoms with Crippen molar-refractivity contribution in [2.75, 3.05) is 18.7 Å². The summed E-state index contributed by atoms with van der Waals surface area (Å²) >= 11 is 3.36. The number of phenols is 1. The molecule has 0 saturated carbocycles. The van der Waals surface area contributed by atoms with Gasteiger partial charge in [-0.1, -0.05) is 22.9 Å². The molecular weight excluding hydrogens is 418 g/mol. The first-order chi connectivity index (χ1) is 13.0. The van der Waals surface area contributed by atoms with E-state index in [1.54, 1.807) is 30.3 Å². The second-order valence-corrected chi connectivity index (χ2v) is 7.13. The fraction of sp³-hybridized carbons (Fsp3) is 0.316. The van der Waals surface area contributed by atoms with E-state index in [2.05, 4.69) is 21.2 Å². The van der Waals surface area contributed by atoms with Crippen LogP contribution in [0.3, 0.4) is 0 Å². The van der Waals surface area contributed by atoms with Gasteiger partial charge in [0.1, 0.15) is 11.9 Å². The van der Waals surface area contributed by atoms with Crippen LogP contribution >= 0.6 is 15.9 Å². The third kappa shape index (κ3) is 4.64. The van der Waals surface area contributed by atoms with Gasteiger partial charge in [-0.3, -0.25) is 5.32 Å². The van der Waals surface area contributed by atoms with Gasteiger partial charge in [-0.15, -0.1) is 0 Å². The summed E-state index contributed by atoms with van der Waals surface area (Å²) in [6.45, 7) is 1.93. The highest BCUT2D eigenvalue weighted by Crippen LogP contribution is 2.37. The van der Waals surface area contributed by atoms with Crippen LogP contribution < -0.4 is 14.8 Å². The smallest absolute Gasteiger partial charge is 0.412 e. The number of nitrogens with one attached hydrogen (secondary N) is 1. The number of aromatic hydroxyl groups is 1. The number of halogens is 1. The first kappa shape index (κ1) is 19.3. The molecule has 3 rings (SSSR count). The van der Waals surface area contributed by atoms with Gasteiger partial charge in [-0.05, 0) is 42.7 Å². The maximum Gasteiger partial charge on any atom is 0.412 e. The van der Waals surface area contributed by atoms with Gasteiger partial charge in [0.25, 0.3) is 0 Å². The Bertz CT molecular complexity index is 828. The van der Waals surface area contributed by atoms with Gasteiger partial charge >= 0.3 is 6.09 Å². The molecule has 0 aromatic heterocycles. The lowest BCUT2D eigenvalue weighted by molar-refractivity contribution is 0.0652. The van der Waals surface area contributed by atoms with Crippen LogP contribution in [0.25, 0.3) is 0 Å². The van der Waals surface area contributed by atoms with Gasteiger partial charge in [-0.25, -0.2) is 4.79 Å². The van der Waals surface area contributed by atoms with E-state index in [9.17, 15) is 15.0 Å². The molecule has 0 radical (unpaired) electrons. The van der Waals surface area contributed by atoms with Crippen molar-refractivity contribution in [1.82, 2.24) is 0 Å². The molecule has 0 aliphatic carbocycles. The molecule has 0 saturated heterocycles. The second-order valence-electron chi connectivity index (χ2n) is 6.21. The summed E-state index contributed by atoms with van der Waals surface area (Å²) in [6.07, 6.45) is -1.000. The fourth-order valence-electron chi connectivity index (χ4n) is 2.83. The van der Waals surface area contributed by atoms with Crippen LogP contribution in [0.1, 0.15) is 25.0 Å². The molecule has 1 aliphatic heterocycles. The number of aliphatic hydroxyl groups is 1. The van der Waals surface area contributed by atoms with E-state index in [-0.39, 0.29) is 25.1 Å². The van der Waals surface area contributed by atoms with Crippen LogP contribution in [0, 0.1) is 5.92 Å². The molecule has 1 aliphatic rings. The Hall–Kier alpha value is -2.45. The zero-order chi connectivity index (χ0) is 19.4. The van der Waals surface area contributed by atoms with Crippen molar-refractivity contribution < 1.29 is 29.2 Å². The summed E-state index contributed by atoms with van der Waals surface area (Å²) in [5.41, 5.74) is 0.961. The van der Waals surface area contributed by atoms with Crippen LogP contribution in [0.4, 0.5) is 10.5 Å². The van der Waals surface area contributed by atoms with Crippen LogP contribution in [0.5, 0.6) is 17.2 Å². The van der Waals surface area contributed by atoms with Gasteiger partial charge in [-0.2, -0.15) is 0 Å². The molecule has 1 heterocycles. The van der Waals surface area contributed by atoms with E-state index in [1.807, 2.05) is 6.92 Å². The van der Waals surface area contributed by atoms with E-state index in [0.717, 1.165) is 4.47 Å². The lowest BCUT2D eigenvalue weighted by Crippen LogP contribution is -2.22. The lowest BCUT2D eigenvalue weighted by Gasteiger charge is -2.25. The van der Waals surface area contributed by atoms with Crippen molar-refractivity contribution in [3.63, 3.8) is 0 Å². The highest BCUT2D eigenvalue weighted by atomic mass is 79.9. The molecule has 0 bridgehead atoms. The first-order valence-electron chi connectivity index (χ1n) is 8.44. The number of carbonyl (C=O) groups excluding carboxylic acids is 1. The minimum Gasteiger partial charge on any atom is -0.508 e. The second kappa shape index (κ2) is 8.49. The topological polar surface area (TPSA) is 97.3 Å². The standard InChI is InChI=1S/C19H20BrNO6/c1-11(6-7-22)18(14-8-12(20)2-4-15(14)23)27-19(24)21-13-3-5-16-17(9-13)26-10-25-16/h2-5,8-9,11,18,22-23H,6-7,10H2,1H3,(H,21,24)/t11-,18-/m1/s1. The first-order valence-corrected chi connectivity index (χ1v) is 9.24. The van der Waals surface area contributed by atoms with Crippen molar-refractivity contribution in [3.05, 3.63) is 46.4 Å². The Kier molecular flexibility index (Phi) is 6.08. The zero-order valence-corrected chi connectivity index (χ0v) is 16.2. The molecule has 2 aromatic carbocycles. The van der Waals surface area contributed by atoms with Crippen LogP contribution in [-0.4, -0.2) is 29.7 Å². The Labute approximate surface area is 165 Å². The van der Waals surface area contributed by atoms with Gasteiger partial charge in [0.2, 0.25) is 6.79 Å². The summed E-state index contributed by atoms with van der Waals surface area (Å²) in [5.74, 6) is 0.964. The monoisotopic (exact) mass is 437 g/mol. The number of hydrogen-bond acceptors (Lipinski definition) is 6. The van der Waals surface area contributed by atoms with Gasteiger partial charge in [0.05, 0.1) is 0 Å². The summed E-state index contributed by atoms with van der Waals surface area (Å²) in [6, 6.07) is 9.94. The maximum absolute atomic E-state index is 12.4. The predicted molar refractivity (Wildman–Crippen MR) is 102 cm³/mol. The number of rotatable bonds is 6. The Morgan fingerprint density at radius 3 is 2.81 bits per heavy atom. The van der Waals surface area contributed by atoms with E-state index in [4.69, 9.17) is 14.2 Å². The summed E-state index contributed by atoms with van der Waals surface area (Å²) in [5, 5.41) is 22.1. The molecule has 144 valence electrons. The molecule has 0 spiro atoms. The van der Waals surface area contributed by atoms with Gasteiger partial charge in [0, 0.05) is 28.4 Å². The van der Waals surface area contributed by atoms with E-state index in [0.29, 0.717) is 29.2 Å². The third-order valence-corrected chi connectivity index (χ3v) is 4.74. The minimum atomic E-state index is -0.733. The molecule has 27 heavy (non-hydrogen) atoms. The summed E-state index contributed by atoms with van der Waals surface area (Å²) < 4.78 is 16.9. The Morgan fingerprint density at radius 1 is 1.26 bits per heavy atom. The van der Waals surface area contributed by atoms with Crippen molar-refractivity contribution >= 4 is 27.7 Å². The van der Waals surface area contributed by atoms with E-state index in [1.165, 1.54) is 6.07 Å². The molecular formula is C19H20BrNO6. The number of phenolic OH excluding ortho intramolecular Hbond substituents is 1. The Morgan fingerprint density at radius 2 is 2.04 bits per heavy atom. The quantitative estimate of drug-likeness (QED) is 0.626. The average molecular weight is 438 g/mol. The molecule has 3 N–H and O–H groups in total. The Balaban J connectivity index is 1.77. The number of benzene rings is 2. The maximum atomic E-state index is 12.4. The summed E-state index contributed by atoms with van der Waals surface area (Å²) in [7, 11) is 0. The van der Waals surface area contributed by atoms with Crippen LogP contribution in [0.2, 0.25) is 0 Å². The van der Waals surface area contributed by atoms with Crippen molar-refractivity contribution in [2.24, 2.45) is 5.92 Å². The number of fused-ring (bicyclic) bond motifs is 1. The van der Waals surface area contributed by atoms with Crippen LogP contribution in [0.15, 0.2) is 40.9 Å². The molecule has 7 nitrogen and oxygen atoms in total. The lowest BCUT2D eigenvalue weighted by atomic mass is 9.94. The van der Waals surface area contributed by atoms with E-state index < -0.39 is 12.2 Å². The predicted octanol–water partition coefficient (Wildman–Crippen LogP) is 4.19. The number of ether oxygens (including phenoxy) is 3. The number of carbonyl (C=O) groups is 1. The van der Waals surface area contributed by atoms with Gasteiger partial charge < -0.3 is 24.4 Å². The average Bonchev–Trinajstić information content (AvgIpc) is 3.10. The SMILES string of the molecule is C[C@H](CCO)[C@@H](OC(=O)Nc1ccc2c(c1)OCO2)c1cc(Br)ccc1O. The van der Waals surface area contributed by atoms with E-state index >= 15 is 0 Å². The normalized spacial score (nSPS) is 14.5. The number of hydrogen-bond donors (Lipinski definition) is 3. The molecule has 2 aromatic rings. The number of aliphatic hydroxyl groups excluding tert-OH is 1. The molecule has 8 heteroatoms. The van der Waals surface area contributed by atoms with Crippen molar-refractivity contribution in [1.29, 1.82) is 0 Å². The van der Waals surface area contributed by atoms with Crippen molar-refractivity contribution in [3.8, 4) is 17.2 Å². The zero-order valence-electron chi connectivity index (χ0n) is 14.6. The minimum absolute atomic E-state index is 0.0175. The summed E-state index contributed by atoms with van der Waals surface area (Å²) in [4.78, 5) is 12.4. The fourth-order valence-corrected chi connectivity index (χ4v) is 3.21. The largest absolute Gasteiger partial charge is 0.508 e. The number of amides is 1.